The quantitative estimate of drug-likeness (QED) is 0.575. The lowest BCUT2D eigenvalue weighted by atomic mass is 10.0. The predicted molar refractivity (Wildman–Crippen MR) is 126 cm³/mol. The summed E-state index contributed by atoms with van der Waals surface area (Å²) in [5.41, 5.74) is 2.36. The fourth-order valence-corrected chi connectivity index (χ4v) is 5.60. The standard InChI is InChI=1S/C25H32N2O5S/c1-17(2)27(18(3)4)24(28)19(5)32-25(29)21-10-12-23(13-11-21)33(30,31)26-15-14-20-8-6-7-9-22(20)16-26/h6-13,17-19H,14-16H2,1-5H3. The van der Waals surface area contributed by atoms with Crippen LogP contribution in [0.2, 0.25) is 0 Å². The minimum absolute atomic E-state index is 0.0232. The Morgan fingerprint density at radius 2 is 1.48 bits per heavy atom. The number of carbonyl (C=O) groups excluding carboxylic acids is 2. The first-order valence-corrected chi connectivity index (χ1v) is 12.7. The van der Waals surface area contributed by atoms with Crippen molar-refractivity contribution in [1.29, 1.82) is 0 Å². The molecule has 1 aliphatic rings. The second-order valence-electron chi connectivity index (χ2n) is 8.86. The molecule has 0 aromatic heterocycles. The lowest BCUT2D eigenvalue weighted by molar-refractivity contribution is -0.143. The van der Waals surface area contributed by atoms with E-state index in [1.165, 1.54) is 34.1 Å². The molecule has 0 spiro atoms. The molecule has 7 nitrogen and oxygen atoms in total. The van der Waals surface area contributed by atoms with E-state index < -0.39 is 22.1 Å². The van der Waals surface area contributed by atoms with E-state index in [2.05, 4.69) is 0 Å². The number of sulfonamides is 1. The van der Waals surface area contributed by atoms with Gasteiger partial charge in [-0.15, -0.1) is 0 Å². The van der Waals surface area contributed by atoms with Gasteiger partial charge in [0, 0.05) is 25.2 Å². The molecule has 0 N–H and O–H groups in total. The van der Waals surface area contributed by atoms with Gasteiger partial charge in [0.2, 0.25) is 10.0 Å². The van der Waals surface area contributed by atoms with Crippen molar-refractivity contribution in [3.8, 4) is 0 Å². The Labute approximate surface area is 196 Å². The van der Waals surface area contributed by atoms with E-state index in [9.17, 15) is 18.0 Å². The van der Waals surface area contributed by atoms with Gasteiger partial charge in [-0.3, -0.25) is 4.79 Å². The molecule has 0 fully saturated rings. The zero-order valence-electron chi connectivity index (χ0n) is 19.8. The van der Waals surface area contributed by atoms with Crippen molar-refractivity contribution in [3.05, 3.63) is 65.2 Å². The molecule has 1 unspecified atom stereocenters. The van der Waals surface area contributed by atoms with Crippen LogP contribution in [0.5, 0.6) is 0 Å². The third-order valence-corrected chi connectivity index (χ3v) is 7.68. The van der Waals surface area contributed by atoms with Crippen molar-refractivity contribution in [2.75, 3.05) is 6.54 Å². The zero-order valence-corrected chi connectivity index (χ0v) is 20.6. The van der Waals surface area contributed by atoms with Crippen LogP contribution in [-0.2, 0) is 32.5 Å². The van der Waals surface area contributed by atoms with Crippen molar-refractivity contribution in [1.82, 2.24) is 9.21 Å². The molecule has 0 radical (unpaired) electrons. The Bertz CT molecular complexity index is 1100. The minimum atomic E-state index is -3.69. The molecule has 2 aromatic rings. The highest BCUT2D eigenvalue weighted by atomic mass is 32.2. The molecular formula is C25H32N2O5S. The van der Waals surface area contributed by atoms with Gasteiger partial charge in [-0.25, -0.2) is 13.2 Å². The maximum Gasteiger partial charge on any atom is 0.338 e. The molecule has 178 valence electrons. The molecule has 1 amide bonds. The van der Waals surface area contributed by atoms with Gasteiger partial charge in [0.05, 0.1) is 10.5 Å². The zero-order chi connectivity index (χ0) is 24.3. The van der Waals surface area contributed by atoms with E-state index >= 15 is 0 Å². The monoisotopic (exact) mass is 472 g/mol. The van der Waals surface area contributed by atoms with E-state index in [4.69, 9.17) is 4.74 Å². The van der Waals surface area contributed by atoms with E-state index in [0.717, 1.165) is 5.56 Å². The van der Waals surface area contributed by atoms with E-state index in [1.807, 2.05) is 52.0 Å². The molecule has 1 aliphatic heterocycles. The highest BCUT2D eigenvalue weighted by Crippen LogP contribution is 2.25. The molecule has 0 aliphatic carbocycles. The molecule has 33 heavy (non-hydrogen) atoms. The lowest BCUT2D eigenvalue weighted by Gasteiger charge is -2.32. The summed E-state index contributed by atoms with van der Waals surface area (Å²) < 4.78 is 33.0. The van der Waals surface area contributed by atoms with Crippen molar-refractivity contribution in [2.24, 2.45) is 0 Å². The van der Waals surface area contributed by atoms with Crippen molar-refractivity contribution < 1.29 is 22.7 Å². The van der Waals surface area contributed by atoms with Crippen LogP contribution >= 0.6 is 0 Å². The maximum atomic E-state index is 13.1. The van der Waals surface area contributed by atoms with Gasteiger partial charge < -0.3 is 9.64 Å². The Morgan fingerprint density at radius 3 is 2.06 bits per heavy atom. The normalized spacial score (nSPS) is 15.2. The molecule has 8 heteroatoms. The summed E-state index contributed by atoms with van der Waals surface area (Å²) in [4.78, 5) is 27.1. The smallest absolute Gasteiger partial charge is 0.338 e. The average Bonchev–Trinajstić information content (AvgIpc) is 2.78. The van der Waals surface area contributed by atoms with E-state index in [0.29, 0.717) is 19.5 Å². The number of nitrogens with zero attached hydrogens (tertiary/aromatic N) is 2. The molecule has 2 aromatic carbocycles. The predicted octanol–water partition coefficient (Wildman–Crippen LogP) is 3.62. The van der Waals surface area contributed by atoms with Crippen molar-refractivity contribution >= 4 is 21.9 Å². The Morgan fingerprint density at radius 1 is 0.909 bits per heavy atom. The second kappa shape index (κ2) is 10.1. The molecular weight excluding hydrogens is 440 g/mol. The first-order valence-electron chi connectivity index (χ1n) is 11.2. The summed E-state index contributed by atoms with van der Waals surface area (Å²) in [5, 5.41) is 0. The van der Waals surface area contributed by atoms with Gasteiger partial charge >= 0.3 is 5.97 Å². The topological polar surface area (TPSA) is 84.0 Å². The van der Waals surface area contributed by atoms with Crippen LogP contribution < -0.4 is 0 Å². The number of amides is 1. The minimum Gasteiger partial charge on any atom is -0.449 e. The van der Waals surface area contributed by atoms with E-state index in [-0.39, 0.29) is 28.4 Å². The SMILES string of the molecule is CC(OC(=O)c1ccc(S(=O)(=O)N2CCc3ccccc3C2)cc1)C(=O)N(C(C)C)C(C)C. The van der Waals surface area contributed by atoms with Crippen LogP contribution in [0.3, 0.4) is 0 Å². The third kappa shape index (κ3) is 5.45. The summed E-state index contributed by atoms with van der Waals surface area (Å²) in [6.45, 7) is 9.91. The third-order valence-electron chi connectivity index (χ3n) is 5.82. The van der Waals surface area contributed by atoms with Gasteiger partial charge in [-0.2, -0.15) is 4.31 Å². The summed E-state index contributed by atoms with van der Waals surface area (Å²) in [7, 11) is -3.69. The molecule has 0 saturated heterocycles. The lowest BCUT2D eigenvalue weighted by Crippen LogP contribution is -2.47. The number of hydrogen-bond acceptors (Lipinski definition) is 5. The molecule has 1 atom stereocenters. The van der Waals surface area contributed by atoms with Gasteiger partial charge in [-0.05, 0) is 76.4 Å². The van der Waals surface area contributed by atoms with Gasteiger partial charge in [0.15, 0.2) is 6.10 Å². The summed E-state index contributed by atoms with van der Waals surface area (Å²) >= 11 is 0. The van der Waals surface area contributed by atoms with Crippen LogP contribution in [0.1, 0.15) is 56.1 Å². The van der Waals surface area contributed by atoms with Crippen LogP contribution in [0, 0.1) is 0 Å². The fourth-order valence-electron chi connectivity index (χ4n) is 4.18. The number of esters is 1. The highest BCUT2D eigenvalue weighted by Gasteiger charge is 2.30. The first-order chi connectivity index (χ1) is 15.5. The summed E-state index contributed by atoms with van der Waals surface area (Å²) in [6.07, 6.45) is -0.283. The van der Waals surface area contributed by atoms with Crippen LogP contribution in [0.25, 0.3) is 0 Å². The van der Waals surface area contributed by atoms with Crippen molar-refractivity contribution in [2.45, 2.75) is 70.7 Å². The highest BCUT2D eigenvalue weighted by molar-refractivity contribution is 7.89. The van der Waals surface area contributed by atoms with Gasteiger partial charge in [-0.1, -0.05) is 24.3 Å². The van der Waals surface area contributed by atoms with Gasteiger partial charge in [0.1, 0.15) is 0 Å². The van der Waals surface area contributed by atoms with E-state index in [1.54, 1.807) is 11.8 Å². The molecule has 0 saturated carbocycles. The largest absolute Gasteiger partial charge is 0.449 e. The fraction of sp³-hybridized carbons (Fsp3) is 0.440. The molecule has 3 rings (SSSR count). The number of hydrogen-bond donors (Lipinski definition) is 0. The Hall–Kier alpha value is -2.71. The van der Waals surface area contributed by atoms with Crippen molar-refractivity contribution in [3.63, 3.8) is 0 Å². The summed E-state index contributed by atoms with van der Waals surface area (Å²) in [6, 6.07) is 13.4. The number of ether oxygens (including phenoxy) is 1. The average molecular weight is 473 g/mol. The number of fused-ring (bicyclic) bond motifs is 1. The van der Waals surface area contributed by atoms with Crippen LogP contribution in [0.4, 0.5) is 0 Å². The van der Waals surface area contributed by atoms with Gasteiger partial charge in [0.25, 0.3) is 5.91 Å². The summed E-state index contributed by atoms with van der Waals surface area (Å²) in [5.74, 6) is -0.933. The maximum absolute atomic E-state index is 13.1. The van der Waals surface area contributed by atoms with Crippen LogP contribution in [0.15, 0.2) is 53.4 Å². The molecule has 1 heterocycles. The first kappa shape index (κ1) is 24.9. The second-order valence-corrected chi connectivity index (χ2v) is 10.8. The number of rotatable bonds is 7. The number of carbonyl (C=O) groups is 2. The number of benzene rings is 2. The van der Waals surface area contributed by atoms with Crippen LogP contribution in [-0.4, -0.2) is 54.2 Å². The Kier molecular flexibility index (Phi) is 7.59. The molecule has 0 bridgehead atoms. The Balaban J connectivity index is 1.69.